The fraction of sp³-hybridized carbons (Fsp3) is 0.176. The van der Waals surface area contributed by atoms with Crippen molar-refractivity contribution in [2.24, 2.45) is 5.10 Å². The Morgan fingerprint density at radius 1 is 1.17 bits per heavy atom. The molecule has 1 heterocycles. The molecule has 0 bridgehead atoms. The Labute approximate surface area is 145 Å². The minimum absolute atomic E-state index is 0.369. The third kappa shape index (κ3) is 3.94. The fourth-order valence-electron chi connectivity index (χ4n) is 2.20. The van der Waals surface area contributed by atoms with E-state index in [4.69, 9.17) is 26.4 Å². The molecule has 0 aromatic heterocycles. The largest absolute Gasteiger partial charge is 0.495 e. The number of benzene rings is 2. The molecule has 1 aliphatic rings. The molecular formula is C17H17N3O3S. The first-order valence-corrected chi connectivity index (χ1v) is 7.80. The molecule has 0 spiro atoms. The number of nitrogens with zero attached hydrogens (tertiary/aromatic N) is 1. The molecule has 1 aliphatic heterocycles. The average molecular weight is 343 g/mol. The summed E-state index contributed by atoms with van der Waals surface area (Å²) in [5.74, 6) is 2.18. The first kappa shape index (κ1) is 16.1. The van der Waals surface area contributed by atoms with Gasteiger partial charge in [0.15, 0.2) is 16.6 Å². The minimum Gasteiger partial charge on any atom is -0.495 e. The lowest BCUT2D eigenvalue weighted by Gasteiger charge is -2.18. The highest BCUT2D eigenvalue weighted by Gasteiger charge is 2.10. The van der Waals surface area contributed by atoms with Crippen LogP contribution in [0.15, 0.2) is 47.6 Å². The molecule has 0 saturated carbocycles. The third-order valence-corrected chi connectivity index (χ3v) is 3.49. The van der Waals surface area contributed by atoms with Crippen molar-refractivity contribution in [1.82, 2.24) is 5.43 Å². The van der Waals surface area contributed by atoms with E-state index >= 15 is 0 Å². The molecule has 3 rings (SSSR count). The van der Waals surface area contributed by atoms with Gasteiger partial charge in [-0.15, -0.1) is 0 Å². The van der Waals surface area contributed by atoms with Gasteiger partial charge in [-0.3, -0.25) is 5.43 Å². The van der Waals surface area contributed by atoms with E-state index in [0.29, 0.717) is 24.1 Å². The SMILES string of the molecule is COc1ccccc1NC(=S)N/N=C\c1ccc2c(c1)OCCO2. The Kier molecular flexibility index (Phi) is 5.12. The van der Waals surface area contributed by atoms with Gasteiger partial charge in [0.05, 0.1) is 19.0 Å². The number of anilines is 1. The fourth-order valence-corrected chi connectivity index (χ4v) is 2.37. The van der Waals surface area contributed by atoms with Gasteiger partial charge in [-0.25, -0.2) is 0 Å². The van der Waals surface area contributed by atoms with Crippen molar-refractivity contribution in [3.05, 3.63) is 48.0 Å². The van der Waals surface area contributed by atoms with E-state index in [1.807, 2.05) is 42.5 Å². The molecule has 2 aromatic carbocycles. The predicted octanol–water partition coefficient (Wildman–Crippen LogP) is 2.79. The van der Waals surface area contributed by atoms with Gasteiger partial charge >= 0.3 is 0 Å². The van der Waals surface area contributed by atoms with Crippen LogP contribution in [-0.4, -0.2) is 31.7 Å². The summed E-state index contributed by atoms with van der Waals surface area (Å²) in [5.41, 5.74) is 4.42. The van der Waals surface area contributed by atoms with Crippen molar-refractivity contribution in [1.29, 1.82) is 0 Å². The smallest absolute Gasteiger partial charge is 0.191 e. The van der Waals surface area contributed by atoms with Crippen molar-refractivity contribution >= 4 is 29.2 Å². The van der Waals surface area contributed by atoms with Gasteiger partial charge in [0.2, 0.25) is 0 Å². The van der Waals surface area contributed by atoms with E-state index in [-0.39, 0.29) is 0 Å². The Morgan fingerprint density at radius 2 is 1.96 bits per heavy atom. The molecule has 7 heteroatoms. The van der Waals surface area contributed by atoms with E-state index < -0.39 is 0 Å². The van der Waals surface area contributed by atoms with Crippen LogP contribution in [0.1, 0.15) is 5.56 Å². The van der Waals surface area contributed by atoms with Gasteiger partial charge in [0, 0.05) is 0 Å². The summed E-state index contributed by atoms with van der Waals surface area (Å²) in [6.07, 6.45) is 1.66. The van der Waals surface area contributed by atoms with Crippen LogP contribution in [0.5, 0.6) is 17.2 Å². The third-order valence-electron chi connectivity index (χ3n) is 3.30. The van der Waals surface area contributed by atoms with Crippen LogP contribution in [0, 0.1) is 0 Å². The van der Waals surface area contributed by atoms with Crippen LogP contribution in [-0.2, 0) is 0 Å². The number of thiocarbonyl (C=S) groups is 1. The second kappa shape index (κ2) is 7.65. The highest BCUT2D eigenvalue weighted by Crippen LogP contribution is 2.30. The number of rotatable bonds is 4. The second-order valence-electron chi connectivity index (χ2n) is 4.93. The van der Waals surface area contributed by atoms with Crippen LogP contribution < -0.4 is 25.0 Å². The number of ether oxygens (including phenoxy) is 3. The Hall–Kier alpha value is -2.80. The number of nitrogens with one attached hydrogen (secondary N) is 2. The van der Waals surface area contributed by atoms with Gasteiger partial charge in [-0.1, -0.05) is 12.1 Å². The van der Waals surface area contributed by atoms with Crippen LogP contribution in [0.2, 0.25) is 0 Å². The van der Waals surface area contributed by atoms with Gasteiger partial charge < -0.3 is 19.5 Å². The number of hydrogen-bond acceptors (Lipinski definition) is 5. The van der Waals surface area contributed by atoms with Crippen LogP contribution in [0.3, 0.4) is 0 Å². The lowest BCUT2D eigenvalue weighted by Crippen LogP contribution is -2.24. The Bertz CT molecular complexity index is 764. The van der Waals surface area contributed by atoms with Crippen LogP contribution in [0.4, 0.5) is 5.69 Å². The first-order valence-electron chi connectivity index (χ1n) is 7.39. The summed E-state index contributed by atoms with van der Waals surface area (Å²) in [6, 6.07) is 13.1. The second-order valence-corrected chi connectivity index (χ2v) is 5.34. The first-order chi connectivity index (χ1) is 11.8. The molecule has 0 aliphatic carbocycles. The zero-order valence-corrected chi connectivity index (χ0v) is 13.9. The van der Waals surface area contributed by atoms with Crippen molar-refractivity contribution in [3.8, 4) is 17.2 Å². The topological polar surface area (TPSA) is 64.1 Å². The zero-order chi connectivity index (χ0) is 16.8. The molecule has 0 unspecified atom stereocenters. The number of methoxy groups -OCH3 is 1. The summed E-state index contributed by atoms with van der Waals surface area (Å²) in [4.78, 5) is 0. The van der Waals surface area contributed by atoms with Crippen molar-refractivity contribution in [3.63, 3.8) is 0 Å². The number of hydrogen-bond donors (Lipinski definition) is 2. The summed E-state index contributed by atoms with van der Waals surface area (Å²) in [5, 5.41) is 7.53. The van der Waals surface area contributed by atoms with E-state index in [9.17, 15) is 0 Å². The van der Waals surface area contributed by atoms with E-state index in [1.165, 1.54) is 0 Å². The summed E-state index contributed by atoms with van der Waals surface area (Å²) in [6.45, 7) is 1.13. The van der Waals surface area contributed by atoms with Gasteiger partial charge in [-0.05, 0) is 48.1 Å². The molecule has 6 nitrogen and oxygen atoms in total. The normalized spacial score (nSPS) is 12.7. The molecular weight excluding hydrogens is 326 g/mol. The minimum atomic E-state index is 0.369. The zero-order valence-electron chi connectivity index (χ0n) is 13.1. The van der Waals surface area contributed by atoms with Gasteiger partial charge in [0.25, 0.3) is 0 Å². The maximum absolute atomic E-state index is 5.54. The Morgan fingerprint density at radius 3 is 2.79 bits per heavy atom. The van der Waals surface area contributed by atoms with Crippen molar-refractivity contribution in [2.45, 2.75) is 0 Å². The highest BCUT2D eigenvalue weighted by atomic mass is 32.1. The van der Waals surface area contributed by atoms with E-state index in [1.54, 1.807) is 13.3 Å². The number of fused-ring (bicyclic) bond motifs is 1. The quantitative estimate of drug-likeness (QED) is 0.506. The van der Waals surface area contributed by atoms with E-state index in [0.717, 1.165) is 22.7 Å². The molecule has 2 N–H and O–H groups in total. The van der Waals surface area contributed by atoms with Crippen LogP contribution >= 0.6 is 12.2 Å². The maximum atomic E-state index is 5.54. The lowest BCUT2D eigenvalue weighted by atomic mass is 10.2. The summed E-state index contributed by atoms with van der Waals surface area (Å²) < 4.78 is 16.3. The van der Waals surface area contributed by atoms with E-state index in [2.05, 4.69) is 15.8 Å². The molecule has 2 aromatic rings. The molecule has 0 radical (unpaired) electrons. The monoisotopic (exact) mass is 343 g/mol. The van der Waals surface area contributed by atoms with Crippen LogP contribution in [0.25, 0.3) is 0 Å². The molecule has 0 atom stereocenters. The maximum Gasteiger partial charge on any atom is 0.191 e. The van der Waals surface area contributed by atoms with Gasteiger partial charge in [0.1, 0.15) is 19.0 Å². The molecule has 124 valence electrons. The van der Waals surface area contributed by atoms with Crippen molar-refractivity contribution in [2.75, 3.05) is 25.6 Å². The standard InChI is InChI=1S/C17H17N3O3S/c1-21-14-5-3-2-4-13(14)19-17(24)20-18-11-12-6-7-15-16(10-12)23-9-8-22-15/h2-7,10-11H,8-9H2,1H3,(H2,19,20,24)/b18-11-. The Balaban J connectivity index is 1.59. The molecule has 0 amide bonds. The molecule has 0 saturated heterocycles. The summed E-state index contributed by atoms with van der Waals surface area (Å²) >= 11 is 5.22. The van der Waals surface area contributed by atoms with Crippen molar-refractivity contribution < 1.29 is 14.2 Å². The number of para-hydroxylation sites is 2. The molecule has 0 fully saturated rings. The lowest BCUT2D eigenvalue weighted by molar-refractivity contribution is 0.171. The number of hydrazone groups is 1. The molecule has 24 heavy (non-hydrogen) atoms. The van der Waals surface area contributed by atoms with Gasteiger partial charge in [-0.2, -0.15) is 5.10 Å². The summed E-state index contributed by atoms with van der Waals surface area (Å²) in [7, 11) is 1.61. The average Bonchev–Trinajstić information content (AvgIpc) is 2.62. The highest BCUT2D eigenvalue weighted by molar-refractivity contribution is 7.80. The predicted molar refractivity (Wildman–Crippen MR) is 97.4 cm³/mol.